The first-order valence-electron chi connectivity index (χ1n) is 9.36. The van der Waals surface area contributed by atoms with Crippen LogP contribution < -0.4 is 9.62 Å². The molecule has 9 heteroatoms. The predicted octanol–water partition coefficient (Wildman–Crippen LogP) is 3.74. The van der Waals surface area contributed by atoms with Crippen molar-refractivity contribution in [3.63, 3.8) is 0 Å². The summed E-state index contributed by atoms with van der Waals surface area (Å²) in [4.78, 5) is 12.6. The van der Waals surface area contributed by atoms with Gasteiger partial charge in [-0.1, -0.05) is 32.0 Å². The van der Waals surface area contributed by atoms with E-state index in [4.69, 9.17) is 0 Å². The van der Waals surface area contributed by atoms with Crippen molar-refractivity contribution in [1.82, 2.24) is 5.32 Å². The van der Waals surface area contributed by atoms with Crippen molar-refractivity contribution in [3.05, 3.63) is 64.7 Å². The molecule has 2 aromatic carbocycles. The molecule has 0 aromatic heterocycles. The normalized spacial score (nSPS) is 14.5. The Balaban J connectivity index is 1.73. The second kappa shape index (κ2) is 7.61. The van der Waals surface area contributed by atoms with Gasteiger partial charge in [-0.15, -0.1) is 0 Å². The van der Waals surface area contributed by atoms with Crippen molar-refractivity contribution in [2.45, 2.75) is 31.9 Å². The molecule has 0 atom stereocenters. The summed E-state index contributed by atoms with van der Waals surface area (Å²) in [7, 11) is -3.37. The summed E-state index contributed by atoms with van der Waals surface area (Å²) in [5.41, 5.74) is 0.733. The Kier molecular flexibility index (Phi) is 5.62. The summed E-state index contributed by atoms with van der Waals surface area (Å²) in [6, 6.07) is 9.90. The number of alkyl halides is 3. The zero-order chi connectivity index (χ0) is 22.3. The molecular weight excluding hydrogens is 417 g/mol. The number of amides is 1. The molecule has 2 aromatic rings. The van der Waals surface area contributed by atoms with Crippen LogP contribution in [0.15, 0.2) is 42.5 Å². The van der Waals surface area contributed by atoms with Crippen LogP contribution in [0.1, 0.15) is 40.9 Å². The highest BCUT2D eigenvalue weighted by atomic mass is 32.2. The monoisotopic (exact) mass is 440 g/mol. The van der Waals surface area contributed by atoms with E-state index in [2.05, 4.69) is 5.32 Å². The van der Waals surface area contributed by atoms with E-state index in [1.165, 1.54) is 10.4 Å². The molecule has 1 amide bonds. The molecule has 1 heterocycles. The van der Waals surface area contributed by atoms with Crippen molar-refractivity contribution < 1.29 is 26.4 Å². The first kappa shape index (κ1) is 22.1. The van der Waals surface area contributed by atoms with Crippen LogP contribution in [0.5, 0.6) is 0 Å². The van der Waals surface area contributed by atoms with Crippen LogP contribution in [0.4, 0.5) is 18.9 Å². The van der Waals surface area contributed by atoms with Gasteiger partial charge in [0.25, 0.3) is 5.91 Å². The number of hydrogen-bond acceptors (Lipinski definition) is 3. The quantitative estimate of drug-likeness (QED) is 0.771. The van der Waals surface area contributed by atoms with E-state index in [1.54, 1.807) is 38.1 Å². The van der Waals surface area contributed by atoms with Crippen LogP contribution >= 0.6 is 0 Å². The molecule has 1 aliphatic heterocycles. The summed E-state index contributed by atoms with van der Waals surface area (Å²) in [6.07, 6.45) is -2.78. The minimum atomic E-state index is -4.43. The van der Waals surface area contributed by atoms with Crippen LogP contribution in [0.3, 0.4) is 0 Å². The molecule has 0 spiro atoms. The average molecular weight is 440 g/mol. The maximum Gasteiger partial charge on any atom is 0.416 e. The van der Waals surface area contributed by atoms with Gasteiger partial charge in [0.15, 0.2) is 0 Å². The predicted molar refractivity (Wildman–Crippen MR) is 109 cm³/mol. The first-order chi connectivity index (χ1) is 13.8. The lowest BCUT2D eigenvalue weighted by Crippen LogP contribution is -2.36. The van der Waals surface area contributed by atoms with Gasteiger partial charge in [-0.2, -0.15) is 13.2 Å². The van der Waals surface area contributed by atoms with Crippen molar-refractivity contribution in [3.8, 4) is 0 Å². The van der Waals surface area contributed by atoms with Gasteiger partial charge in [0.05, 0.1) is 17.5 Å². The summed E-state index contributed by atoms with van der Waals surface area (Å²) < 4.78 is 63.9. The molecule has 0 radical (unpaired) electrons. The molecule has 162 valence electrons. The SMILES string of the molecule is CC(C)(CNC(=O)c1ccc2c(c1)CCN2S(C)(=O)=O)c1cccc(C(F)(F)F)c1. The fourth-order valence-electron chi connectivity index (χ4n) is 3.48. The molecule has 1 N–H and O–H groups in total. The number of halogens is 3. The number of rotatable bonds is 5. The molecule has 0 unspecified atom stereocenters. The van der Waals surface area contributed by atoms with Gasteiger partial charge in [0.2, 0.25) is 10.0 Å². The molecule has 0 fully saturated rings. The third-order valence-corrected chi connectivity index (χ3v) is 6.44. The molecule has 1 aliphatic rings. The number of nitrogens with one attached hydrogen (secondary N) is 1. The van der Waals surface area contributed by atoms with Crippen LogP contribution in [-0.4, -0.2) is 33.7 Å². The van der Waals surface area contributed by atoms with E-state index in [9.17, 15) is 26.4 Å². The molecule has 0 saturated carbocycles. The number of fused-ring (bicyclic) bond motifs is 1. The van der Waals surface area contributed by atoms with E-state index in [1.807, 2.05) is 0 Å². The summed E-state index contributed by atoms with van der Waals surface area (Å²) in [6.45, 7) is 3.99. The molecule has 0 saturated heterocycles. The maximum atomic E-state index is 13.0. The lowest BCUT2D eigenvalue weighted by Gasteiger charge is -2.26. The van der Waals surface area contributed by atoms with Gasteiger partial charge in [-0.3, -0.25) is 9.10 Å². The Hall–Kier alpha value is -2.55. The summed E-state index contributed by atoms with van der Waals surface area (Å²) in [5.74, 6) is -0.365. The Bertz CT molecular complexity index is 1080. The van der Waals surface area contributed by atoms with Gasteiger partial charge in [0.1, 0.15) is 0 Å². The van der Waals surface area contributed by atoms with Crippen molar-refractivity contribution in [1.29, 1.82) is 0 Å². The molecule has 5 nitrogen and oxygen atoms in total. The second-order valence-electron chi connectivity index (χ2n) is 8.07. The third-order valence-electron chi connectivity index (χ3n) is 5.26. The zero-order valence-corrected chi connectivity index (χ0v) is 17.7. The van der Waals surface area contributed by atoms with E-state index < -0.39 is 27.2 Å². The summed E-state index contributed by atoms with van der Waals surface area (Å²) in [5, 5.41) is 2.78. The number of benzene rings is 2. The highest BCUT2D eigenvalue weighted by Gasteiger charge is 2.32. The van der Waals surface area contributed by atoms with Crippen molar-refractivity contribution in [2.24, 2.45) is 0 Å². The van der Waals surface area contributed by atoms with Crippen LogP contribution in [-0.2, 0) is 28.0 Å². The largest absolute Gasteiger partial charge is 0.416 e. The number of nitrogens with zero attached hydrogens (tertiary/aromatic N) is 1. The minimum absolute atomic E-state index is 0.139. The van der Waals surface area contributed by atoms with Crippen molar-refractivity contribution in [2.75, 3.05) is 23.7 Å². The Labute approximate surface area is 173 Å². The highest BCUT2D eigenvalue weighted by molar-refractivity contribution is 7.92. The lowest BCUT2D eigenvalue weighted by molar-refractivity contribution is -0.137. The van der Waals surface area contributed by atoms with Gasteiger partial charge in [0, 0.05) is 24.1 Å². The van der Waals surface area contributed by atoms with Gasteiger partial charge in [-0.05, 0) is 41.8 Å². The Morgan fingerprint density at radius 2 is 1.77 bits per heavy atom. The molecule has 30 heavy (non-hydrogen) atoms. The average Bonchev–Trinajstić information content (AvgIpc) is 3.09. The molecule has 0 aliphatic carbocycles. The van der Waals surface area contributed by atoms with E-state index in [0.717, 1.165) is 24.0 Å². The molecule has 0 bridgehead atoms. The Morgan fingerprint density at radius 1 is 1.10 bits per heavy atom. The van der Waals surface area contributed by atoms with Gasteiger partial charge in [-0.25, -0.2) is 8.42 Å². The number of sulfonamides is 1. The number of hydrogen-bond donors (Lipinski definition) is 1. The topological polar surface area (TPSA) is 66.5 Å². The molecular formula is C21H23F3N2O3S. The fourth-order valence-corrected chi connectivity index (χ4v) is 4.44. The maximum absolute atomic E-state index is 13.0. The zero-order valence-electron chi connectivity index (χ0n) is 16.9. The smallest absolute Gasteiger partial charge is 0.351 e. The van der Waals surface area contributed by atoms with Crippen molar-refractivity contribution >= 4 is 21.6 Å². The number of carbonyl (C=O) groups excluding carboxylic acids is 1. The van der Waals surface area contributed by atoms with E-state index in [0.29, 0.717) is 29.8 Å². The number of carbonyl (C=O) groups is 1. The second-order valence-corrected chi connectivity index (χ2v) is 9.98. The standard InChI is InChI=1S/C21H23F3N2O3S/c1-20(2,16-5-4-6-17(12-16)21(22,23)24)13-25-19(27)15-7-8-18-14(11-15)9-10-26(18)30(3,28)29/h4-8,11-12H,9-10,13H2,1-3H3,(H,25,27). The van der Waals surface area contributed by atoms with Gasteiger partial charge >= 0.3 is 6.18 Å². The third kappa shape index (κ3) is 4.61. The minimum Gasteiger partial charge on any atom is -0.351 e. The van der Waals surface area contributed by atoms with Gasteiger partial charge < -0.3 is 5.32 Å². The highest BCUT2D eigenvalue weighted by Crippen LogP contribution is 2.33. The fraction of sp³-hybridized carbons (Fsp3) is 0.381. The van der Waals surface area contributed by atoms with Crippen LogP contribution in [0.2, 0.25) is 0 Å². The first-order valence-corrected chi connectivity index (χ1v) is 11.2. The molecule has 3 rings (SSSR count). The van der Waals surface area contributed by atoms with E-state index >= 15 is 0 Å². The van der Waals surface area contributed by atoms with Crippen LogP contribution in [0, 0.1) is 0 Å². The van der Waals surface area contributed by atoms with E-state index in [-0.39, 0.29) is 12.5 Å². The lowest BCUT2D eigenvalue weighted by atomic mass is 9.83. The number of anilines is 1. The summed E-state index contributed by atoms with van der Waals surface area (Å²) >= 11 is 0. The van der Waals surface area contributed by atoms with Crippen LogP contribution in [0.25, 0.3) is 0 Å². The Morgan fingerprint density at radius 3 is 2.40 bits per heavy atom.